The van der Waals surface area contributed by atoms with E-state index in [0.717, 1.165) is 65.0 Å². The summed E-state index contributed by atoms with van der Waals surface area (Å²) in [6, 6.07) is 1.88. The highest BCUT2D eigenvalue weighted by molar-refractivity contribution is 5.89. The van der Waals surface area contributed by atoms with Crippen LogP contribution in [0.2, 0.25) is 0 Å². The highest BCUT2D eigenvalue weighted by Crippen LogP contribution is 2.21. The fourth-order valence-corrected chi connectivity index (χ4v) is 3.87. The number of nitrogens with one attached hydrogen (secondary N) is 1. The number of nitrogen functional groups attached to an aromatic ring is 1. The van der Waals surface area contributed by atoms with Crippen molar-refractivity contribution in [2.45, 2.75) is 39.2 Å². The molecule has 29 heavy (non-hydrogen) atoms. The summed E-state index contributed by atoms with van der Waals surface area (Å²) in [5, 5.41) is 3.82. The third-order valence-electron chi connectivity index (χ3n) is 5.69. The molecule has 0 unspecified atom stereocenters. The number of likely N-dealkylation sites (tertiary alicyclic amines) is 1. The SMILES string of the molecule is CCCCNc1nc(N)nc2ccn(CC3CCN(CCN(C)C)CC3)c(=O)c12. The molecule has 1 aliphatic rings. The molecule has 160 valence electrons. The predicted octanol–water partition coefficient (Wildman–Crippen LogP) is 1.86. The first-order valence-electron chi connectivity index (χ1n) is 10.8. The van der Waals surface area contributed by atoms with Crippen molar-refractivity contribution in [1.29, 1.82) is 0 Å². The van der Waals surface area contributed by atoms with E-state index >= 15 is 0 Å². The summed E-state index contributed by atoms with van der Waals surface area (Å²) < 4.78 is 1.83. The average molecular weight is 402 g/mol. The molecule has 1 saturated heterocycles. The highest BCUT2D eigenvalue weighted by atomic mass is 16.1. The first-order chi connectivity index (χ1) is 14.0. The summed E-state index contributed by atoms with van der Waals surface area (Å²) in [5.41, 5.74) is 6.42. The Bertz CT molecular complexity index is 856. The average Bonchev–Trinajstić information content (AvgIpc) is 2.69. The van der Waals surface area contributed by atoms with E-state index in [1.54, 1.807) is 0 Å². The van der Waals surface area contributed by atoms with Gasteiger partial charge in [-0.2, -0.15) is 4.98 Å². The van der Waals surface area contributed by atoms with Crippen LogP contribution < -0.4 is 16.6 Å². The van der Waals surface area contributed by atoms with Crippen LogP contribution >= 0.6 is 0 Å². The molecule has 0 atom stereocenters. The summed E-state index contributed by atoms with van der Waals surface area (Å²) in [6.07, 6.45) is 6.18. The first kappa shape index (κ1) is 21.5. The summed E-state index contributed by atoms with van der Waals surface area (Å²) in [7, 11) is 4.23. The van der Waals surface area contributed by atoms with Crippen LogP contribution in [0.5, 0.6) is 0 Å². The smallest absolute Gasteiger partial charge is 0.263 e. The van der Waals surface area contributed by atoms with E-state index in [4.69, 9.17) is 5.73 Å². The molecule has 2 aromatic rings. The van der Waals surface area contributed by atoms with Crippen molar-refractivity contribution < 1.29 is 0 Å². The summed E-state index contributed by atoms with van der Waals surface area (Å²) >= 11 is 0. The van der Waals surface area contributed by atoms with E-state index in [-0.39, 0.29) is 11.5 Å². The molecule has 0 aromatic carbocycles. The number of likely N-dealkylation sites (N-methyl/N-ethyl adjacent to an activating group) is 1. The van der Waals surface area contributed by atoms with Gasteiger partial charge in [0.1, 0.15) is 11.2 Å². The zero-order valence-corrected chi connectivity index (χ0v) is 18.0. The minimum absolute atomic E-state index is 0.0310. The number of hydrogen-bond acceptors (Lipinski definition) is 7. The van der Waals surface area contributed by atoms with Crippen LogP contribution in [-0.4, -0.2) is 71.2 Å². The number of aromatic nitrogens is 3. The van der Waals surface area contributed by atoms with E-state index in [1.807, 2.05) is 16.8 Å². The number of unbranched alkanes of at least 4 members (excludes halogenated alkanes) is 1. The van der Waals surface area contributed by atoms with Crippen LogP contribution in [0.4, 0.5) is 11.8 Å². The molecular weight excluding hydrogens is 366 g/mol. The molecular formula is C21H35N7O. The van der Waals surface area contributed by atoms with Crippen molar-refractivity contribution >= 4 is 22.7 Å². The van der Waals surface area contributed by atoms with Gasteiger partial charge in [-0.3, -0.25) is 4.79 Å². The number of piperidine rings is 1. The van der Waals surface area contributed by atoms with Crippen molar-refractivity contribution in [2.75, 3.05) is 57.9 Å². The van der Waals surface area contributed by atoms with E-state index in [2.05, 4.69) is 46.1 Å². The molecule has 0 radical (unpaired) electrons. The lowest BCUT2D eigenvalue weighted by molar-refractivity contribution is 0.161. The van der Waals surface area contributed by atoms with Gasteiger partial charge in [-0.1, -0.05) is 13.3 Å². The van der Waals surface area contributed by atoms with Gasteiger partial charge in [0.05, 0.1) is 5.52 Å². The topological polar surface area (TPSA) is 92.3 Å². The van der Waals surface area contributed by atoms with E-state index < -0.39 is 0 Å². The third-order valence-corrected chi connectivity index (χ3v) is 5.69. The van der Waals surface area contributed by atoms with Crippen LogP contribution in [0.25, 0.3) is 10.9 Å². The zero-order valence-electron chi connectivity index (χ0n) is 18.0. The van der Waals surface area contributed by atoms with Crippen molar-refractivity contribution in [2.24, 2.45) is 5.92 Å². The molecule has 8 heteroatoms. The van der Waals surface area contributed by atoms with Gasteiger partial charge in [-0.15, -0.1) is 0 Å². The zero-order chi connectivity index (χ0) is 20.8. The van der Waals surface area contributed by atoms with Crippen LogP contribution in [0, 0.1) is 5.92 Å². The molecule has 1 aliphatic heterocycles. The molecule has 0 spiro atoms. The van der Waals surface area contributed by atoms with Crippen LogP contribution in [0.15, 0.2) is 17.1 Å². The molecule has 2 aromatic heterocycles. The third kappa shape index (κ3) is 5.67. The Morgan fingerprint density at radius 2 is 2.03 bits per heavy atom. The Hall–Kier alpha value is -2.19. The van der Waals surface area contributed by atoms with Gasteiger partial charge in [-0.05, 0) is 58.4 Å². The van der Waals surface area contributed by atoms with Gasteiger partial charge < -0.3 is 25.4 Å². The molecule has 8 nitrogen and oxygen atoms in total. The van der Waals surface area contributed by atoms with E-state index in [1.165, 1.54) is 0 Å². The minimum Gasteiger partial charge on any atom is -0.369 e. The standard InChI is InChI=1S/C21H35N7O/c1-4-5-9-23-19-18-17(24-21(22)25-19)8-12-28(20(18)29)15-16-6-10-27(11-7-16)14-13-26(2)3/h8,12,16H,4-7,9-11,13-15H2,1-3H3,(H3,22,23,24,25). The first-order valence-corrected chi connectivity index (χ1v) is 10.8. The maximum absolute atomic E-state index is 13.2. The van der Waals surface area contributed by atoms with Crippen LogP contribution in [0.3, 0.4) is 0 Å². The number of hydrogen-bond donors (Lipinski definition) is 2. The number of fused-ring (bicyclic) bond motifs is 1. The normalized spacial score (nSPS) is 16.0. The lowest BCUT2D eigenvalue weighted by Gasteiger charge is -2.32. The second-order valence-corrected chi connectivity index (χ2v) is 8.33. The molecule has 0 amide bonds. The Kier molecular flexibility index (Phi) is 7.44. The lowest BCUT2D eigenvalue weighted by atomic mass is 9.96. The van der Waals surface area contributed by atoms with Gasteiger partial charge in [0.15, 0.2) is 0 Å². The summed E-state index contributed by atoms with van der Waals surface area (Å²) in [4.78, 5) is 26.5. The molecule has 0 bridgehead atoms. The molecule has 0 saturated carbocycles. The van der Waals surface area contributed by atoms with E-state index in [0.29, 0.717) is 22.6 Å². The molecule has 3 N–H and O–H groups in total. The number of anilines is 2. The monoisotopic (exact) mass is 401 g/mol. The molecule has 1 fully saturated rings. The molecule has 3 heterocycles. The van der Waals surface area contributed by atoms with Crippen LogP contribution in [-0.2, 0) is 6.54 Å². The van der Waals surface area contributed by atoms with Gasteiger partial charge in [0.2, 0.25) is 5.95 Å². The second kappa shape index (κ2) is 10.0. The number of rotatable bonds is 9. The van der Waals surface area contributed by atoms with Gasteiger partial charge in [0, 0.05) is 32.4 Å². The van der Waals surface area contributed by atoms with Crippen molar-refractivity contribution in [3.05, 3.63) is 22.6 Å². The number of nitrogens with two attached hydrogens (primary N) is 1. The van der Waals surface area contributed by atoms with Crippen molar-refractivity contribution in [1.82, 2.24) is 24.3 Å². The molecule has 0 aliphatic carbocycles. The van der Waals surface area contributed by atoms with Crippen molar-refractivity contribution in [3.63, 3.8) is 0 Å². The summed E-state index contributed by atoms with van der Waals surface area (Å²) in [6.45, 7) is 8.05. The van der Waals surface area contributed by atoms with Gasteiger partial charge in [-0.25, -0.2) is 4.98 Å². The van der Waals surface area contributed by atoms with Crippen molar-refractivity contribution in [3.8, 4) is 0 Å². The number of pyridine rings is 1. The maximum atomic E-state index is 13.2. The van der Waals surface area contributed by atoms with Gasteiger partial charge in [0.25, 0.3) is 5.56 Å². The molecule has 3 rings (SSSR count). The fraction of sp³-hybridized carbons (Fsp3) is 0.667. The summed E-state index contributed by atoms with van der Waals surface area (Å²) in [5.74, 6) is 1.27. The lowest BCUT2D eigenvalue weighted by Crippen LogP contribution is -2.39. The Labute approximate surface area is 173 Å². The maximum Gasteiger partial charge on any atom is 0.263 e. The van der Waals surface area contributed by atoms with E-state index in [9.17, 15) is 4.79 Å². The fourth-order valence-electron chi connectivity index (χ4n) is 3.87. The quantitative estimate of drug-likeness (QED) is 0.620. The highest BCUT2D eigenvalue weighted by Gasteiger charge is 2.21. The van der Waals surface area contributed by atoms with Crippen LogP contribution in [0.1, 0.15) is 32.6 Å². The Morgan fingerprint density at radius 1 is 1.28 bits per heavy atom. The Balaban J connectivity index is 1.72. The predicted molar refractivity (Wildman–Crippen MR) is 119 cm³/mol. The minimum atomic E-state index is -0.0310. The van der Waals surface area contributed by atoms with Gasteiger partial charge >= 0.3 is 0 Å². The second-order valence-electron chi connectivity index (χ2n) is 8.33. The largest absolute Gasteiger partial charge is 0.369 e. The number of nitrogens with zero attached hydrogens (tertiary/aromatic N) is 5. The Morgan fingerprint density at radius 3 is 2.72 bits per heavy atom.